The lowest BCUT2D eigenvalue weighted by molar-refractivity contribution is -0.130. The van der Waals surface area contributed by atoms with Crippen molar-refractivity contribution in [1.82, 2.24) is 14.8 Å². The maximum Gasteiger partial charge on any atom is 0.200 e. The molecule has 6 nitrogen and oxygen atoms in total. The lowest BCUT2D eigenvalue weighted by Gasteiger charge is -2.21. The van der Waals surface area contributed by atoms with Crippen LogP contribution in [0.3, 0.4) is 0 Å². The number of ether oxygens (including phenoxy) is 2. The highest BCUT2D eigenvalue weighted by Crippen LogP contribution is 2.24. The van der Waals surface area contributed by atoms with Gasteiger partial charge in [-0.15, -0.1) is 10.2 Å². The van der Waals surface area contributed by atoms with Crippen LogP contribution in [0.15, 0.2) is 28.0 Å². The van der Waals surface area contributed by atoms with Gasteiger partial charge >= 0.3 is 0 Å². The van der Waals surface area contributed by atoms with Crippen LogP contribution in [0.1, 0.15) is 6.42 Å². The number of thioether (sulfide) groups is 1. The van der Waals surface area contributed by atoms with E-state index in [1.807, 2.05) is 23.7 Å². The molecule has 1 aliphatic rings. The summed E-state index contributed by atoms with van der Waals surface area (Å²) in [6, 6.07) is 3.72. The molecule has 102 valence electrons. The molecule has 1 aliphatic heterocycles. The van der Waals surface area contributed by atoms with Gasteiger partial charge in [0.05, 0.1) is 19.0 Å². The Labute approximate surface area is 115 Å². The van der Waals surface area contributed by atoms with Gasteiger partial charge < -0.3 is 18.5 Å². The standard InChI is InChI=1S/C12H15N3O3S/c1-15-11(10-3-2-5-17-10)13-14-12(15)19-7-9-4-6-16-8-18-9/h2-3,5,9H,4,6-8H2,1H3/t9-/m1/s1. The van der Waals surface area contributed by atoms with E-state index in [1.165, 1.54) is 0 Å². The van der Waals surface area contributed by atoms with E-state index < -0.39 is 0 Å². The summed E-state index contributed by atoms with van der Waals surface area (Å²) in [7, 11) is 1.94. The van der Waals surface area contributed by atoms with E-state index in [4.69, 9.17) is 13.9 Å². The Kier molecular flexibility index (Phi) is 3.86. The summed E-state index contributed by atoms with van der Waals surface area (Å²) >= 11 is 1.64. The molecule has 0 amide bonds. The van der Waals surface area contributed by atoms with Crippen molar-refractivity contribution in [3.8, 4) is 11.6 Å². The Bertz CT molecular complexity index is 520. The molecule has 0 spiro atoms. The fraction of sp³-hybridized carbons (Fsp3) is 0.500. The van der Waals surface area contributed by atoms with Gasteiger partial charge in [0, 0.05) is 12.8 Å². The van der Waals surface area contributed by atoms with Crippen molar-refractivity contribution in [3.63, 3.8) is 0 Å². The van der Waals surface area contributed by atoms with Crippen LogP contribution in [0.2, 0.25) is 0 Å². The lowest BCUT2D eigenvalue weighted by Crippen LogP contribution is -2.25. The van der Waals surface area contributed by atoms with Crippen molar-refractivity contribution in [2.75, 3.05) is 19.2 Å². The first-order valence-corrected chi connectivity index (χ1v) is 7.08. The normalized spacial score (nSPS) is 19.7. The van der Waals surface area contributed by atoms with Crippen LogP contribution in [-0.4, -0.2) is 40.0 Å². The second-order valence-corrected chi connectivity index (χ2v) is 5.24. The van der Waals surface area contributed by atoms with Gasteiger partial charge in [0.2, 0.25) is 0 Å². The molecule has 0 aromatic carbocycles. The van der Waals surface area contributed by atoms with Crippen molar-refractivity contribution >= 4 is 11.8 Å². The molecule has 0 aliphatic carbocycles. The highest BCUT2D eigenvalue weighted by Gasteiger charge is 2.18. The van der Waals surface area contributed by atoms with Gasteiger partial charge in [0.1, 0.15) is 6.79 Å². The smallest absolute Gasteiger partial charge is 0.200 e. The lowest BCUT2D eigenvalue weighted by atomic mass is 10.3. The zero-order chi connectivity index (χ0) is 13.1. The summed E-state index contributed by atoms with van der Waals surface area (Å²) in [5.74, 6) is 2.32. The zero-order valence-electron chi connectivity index (χ0n) is 10.6. The van der Waals surface area contributed by atoms with Crippen LogP contribution in [0, 0.1) is 0 Å². The molecule has 3 heterocycles. The number of nitrogens with zero attached hydrogens (tertiary/aromatic N) is 3. The average molecular weight is 281 g/mol. The summed E-state index contributed by atoms with van der Waals surface area (Å²) < 4.78 is 17.9. The molecule has 7 heteroatoms. The first-order chi connectivity index (χ1) is 9.34. The van der Waals surface area contributed by atoms with Gasteiger partial charge in [-0.3, -0.25) is 0 Å². The number of rotatable bonds is 4. The molecule has 2 aromatic heterocycles. The third-order valence-electron chi connectivity index (χ3n) is 2.95. The molecule has 0 unspecified atom stereocenters. The third kappa shape index (κ3) is 2.83. The van der Waals surface area contributed by atoms with Crippen LogP contribution < -0.4 is 0 Å². The Hall–Kier alpha value is -1.31. The topological polar surface area (TPSA) is 62.3 Å². The average Bonchev–Trinajstić information content (AvgIpc) is 3.07. The molecular weight excluding hydrogens is 266 g/mol. The summed E-state index contributed by atoms with van der Waals surface area (Å²) in [5.41, 5.74) is 0. The minimum absolute atomic E-state index is 0.225. The minimum Gasteiger partial charge on any atom is -0.461 e. The van der Waals surface area contributed by atoms with Gasteiger partial charge in [0.15, 0.2) is 16.7 Å². The molecule has 0 radical (unpaired) electrons. The molecule has 0 saturated carbocycles. The van der Waals surface area contributed by atoms with Crippen molar-refractivity contribution in [1.29, 1.82) is 0 Å². The predicted molar refractivity (Wildman–Crippen MR) is 69.7 cm³/mol. The molecule has 19 heavy (non-hydrogen) atoms. The number of aromatic nitrogens is 3. The summed E-state index contributed by atoms with van der Waals surface area (Å²) in [4.78, 5) is 0. The van der Waals surface area contributed by atoms with E-state index in [9.17, 15) is 0 Å². The highest BCUT2D eigenvalue weighted by atomic mass is 32.2. The largest absolute Gasteiger partial charge is 0.461 e. The van der Waals surface area contributed by atoms with Crippen molar-refractivity contribution in [2.24, 2.45) is 7.05 Å². The molecule has 1 saturated heterocycles. The summed E-state index contributed by atoms with van der Waals surface area (Å²) in [6.07, 6.45) is 2.78. The summed E-state index contributed by atoms with van der Waals surface area (Å²) in [6.45, 7) is 1.16. The van der Waals surface area contributed by atoms with Crippen LogP contribution in [0.25, 0.3) is 11.6 Å². The monoisotopic (exact) mass is 281 g/mol. The molecule has 2 aromatic rings. The first kappa shape index (κ1) is 12.7. The van der Waals surface area contributed by atoms with E-state index in [1.54, 1.807) is 18.0 Å². The van der Waals surface area contributed by atoms with Gasteiger partial charge in [-0.05, 0) is 18.6 Å². The zero-order valence-corrected chi connectivity index (χ0v) is 11.4. The Morgan fingerprint density at radius 2 is 2.42 bits per heavy atom. The van der Waals surface area contributed by atoms with E-state index >= 15 is 0 Å². The number of furan rings is 1. The molecule has 0 bridgehead atoms. The number of hydrogen-bond donors (Lipinski definition) is 0. The highest BCUT2D eigenvalue weighted by molar-refractivity contribution is 7.99. The van der Waals surface area contributed by atoms with Gasteiger partial charge in [0.25, 0.3) is 0 Å². The number of hydrogen-bond acceptors (Lipinski definition) is 6. The maximum atomic E-state index is 5.50. The fourth-order valence-electron chi connectivity index (χ4n) is 1.86. The third-order valence-corrected chi connectivity index (χ3v) is 4.10. The Balaban J connectivity index is 1.65. The van der Waals surface area contributed by atoms with Gasteiger partial charge in [-0.1, -0.05) is 11.8 Å². The Morgan fingerprint density at radius 1 is 1.47 bits per heavy atom. The summed E-state index contributed by atoms with van der Waals surface area (Å²) in [5, 5.41) is 9.20. The van der Waals surface area contributed by atoms with E-state index in [0.29, 0.717) is 6.79 Å². The van der Waals surface area contributed by atoms with Gasteiger partial charge in [-0.2, -0.15) is 0 Å². The molecule has 0 N–H and O–H groups in total. The molecule has 1 atom stereocenters. The second-order valence-electron chi connectivity index (χ2n) is 4.26. The van der Waals surface area contributed by atoms with Crippen LogP contribution in [0.4, 0.5) is 0 Å². The fourth-order valence-corrected chi connectivity index (χ4v) is 2.84. The first-order valence-electron chi connectivity index (χ1n) is 6.10. The van der Waals surface area contributed by atoms with Gasteiger partial charge in [-0.25, -0.2) is 0 Å². The minimum atomic E-state index is 0.225. The van der Waals surface area contributed by atoms with E-state index in [-0.39, 0.29) is 6.10 Å². The second kappa shape index (κ2) is 5.77. The van der Waals surface area contributed by atoms with E-state index in [2.05, 4.69) is 10.2 Å². The van der Waals surface area contributed by atoms with Crippen molar-refractivity contribution in [3.05, 3.63) is 18.4 Å². The van der Waals surface area contributed by atoms with Crippen molar-refractivity contribution < 1.29 is 13.9 Å². The molecule has 3 rings (SSSR count). The Morgan fingerprint density at radius 3 is 3.16 bits per heavy atom. The SMILES string of the molecule is Cn1c(SC[C@H]2CCOCO2)nnc1-c1ccco1. The molecular formula is C12H15N3O3S. The molecule has 1 fully saturated rings. The van der Waals surface area contributed by atoms with Crippen LogP contribution in [0.5, 0.6) is 0 Å². The van der Waals surface area contributed by atoms with E-state index in [0.717, 1.165) is 35.5 Å². The van der Waals surface area contributed by atoms with Crippen molar-refractivity contribution in [2.45, 2.75) is 17.7 Å². The maximum absolute atomic E-state index is 5.50. The van der Waals surface area contributed by atoms with Crippen LogP contribution in [-0.2, 0) is 16.5 Å². The predicted octanol–water partition coefficient (Wildman–Crippen LogP) is 1.93. The van der Waals surface area contributed by atoms with Crippen LogP contribution >= 0.6 is 11.8 Å². The quantitative estimate of drug-likeness (QED) is 0.798.